The Bertz CT molecular complexity index is 931. The summed E-state index contributed by atoms with van der Waals surface area (Å²) in [6.45, 7) is 1.25. The summed E-state index contributed by atoms with van der Waals surface area (Å²) < 4.78 is 0. The van der Waals surface area contributed by atoms with Crippen LogP contribution >= 0.6 is 35.6 Å². The van der Waals surface area contributed by atoms with Crippen molar-refractivity contribution in [1.82, 2.24) is 15.4 Å². The van der Waals surface area contributed by atoms with Crippen LogP contribution in [0.4, 0.5) is 5.82 Å². The number of benzene rings is 1. The fourth-order valence-corrected chi connectivity index (χ4v) is 3.50. The highest BCUT2D eigenvalue weighted by Gasteiger charge is 2.24. The van der Waals surface area contributed by atoms with Crippen LogP contribution in [0.5, 0.6) is 0 Å². The molecule has 1 aliphatic heterocycles. The Morgan fingerprint density at radius 2 is 1.93 bits per heavy atom. The summed E-state index contributed by atoms with van der Waals surface area (Å²) >= 11 is 12.3. The average Bonchev–Trinajstić information content (AvgIpc) is 2.73. The number of nitrogens with zero attached hydrogens (tertiary/aromatic N) is 2. The normalized spacial score (nSPS) is 14.3. The summed E-state index contributed by atoms with van der Waals surface area (Å²) in [7, 11) is 0. The Balaban J connectivity index is 0.00000320. The fourth-order valence-electron chi connectivity index (χ4n) is 3.08. The molecule has 3 N–H and O–H groups in total. The van der Waals surface area contributed by atoms with Gasteiger partial charge in [-0.05, 0) is 48.7 Å². The van der Waals surface area contributed by atoms with E-state index < -0.39 is 5.91 Å². The molecule has 0 saturated carbocycles. The molecule has 0 radical (unpaired) electrons. The van der Waals surface area contributed by atoms with Gasteiger partial charge in [-0.25, -0.2) is 10.5 Å². The first kappa shape index (κ1) is 24.0. The van der Waals surface area contributed by atoms with Crippen LogP contribution in [0.1, 0.15) is 28.8 Å². The minimum atomic E-state index is -0.637. The van der Waals surface area contributed by atoms with Gasteiger partial charge in [-0.1, -0.05) is 29.3 Å². The monoisotopic (exact) mass is 470 g/mol. The number of nitrogens with one attached hydrogen (secondary N) is 2. The van der Waals surface area contributed by atoms with E-state index in [2.05, 4.69) is 10.3 Å². The molecule has 2 aromatic rings. The van der Waals surface area contributed by atoms with E-state index in [1.54, 1.807) is 36.5 Å². The van der Waals surface area contributed by atoms with E-state index in [4.69, 9.17) is 28.4 Å². The Hall–Kier alpha value is -2.32. The van der Waals surface area contributed by atoms with Gasteiger partial charge in [0.25, 0.3) is 11.8 Å². The summed E-state index contributed by atoms with van der Waals surface area (Å²) in [6, 6.07) is 8.78. The molecule has 0 atom stereocenters. The van der Waals surface area contributed by atoms with Crippen LogP contribution in [0, 0.1) is 0 Å². The molecular weight excluding hydrogens is 451 g/mol. The lowest BCUT2D eigenvalue weighted by Gasteiger charge is -2.33. The molecule has 1 aliphatic rings. The van der Waals surface area contributed by atoms with Gasteiger partial charge in [0.2, 0.25) is 0 Å². The second-order valence-corrected chi connectivity index (χ2v) is 7.47. The van der Waals surface area contributed by atoms with Gasteiger partial charge in [0.05, 0.1) is 5.02 Å². The molecule has 0 unspecified atom stereocenters. The second-order valence-electron chi connectivity index (χ2n) is 6.63. The summed E-state index contributed by atoms with van der Waals surface area (Å²) in [4.78, 5) is 29.8. The summed E-state index contributed by atoms with van der Waals surface area (Å²) in [6.07, 6.45) is 5.78. The number of piperidine rings is 1. The molecule has 30 heavy (non-hydrogen) atoms. The van der Waals surface area contributed by atoms with Crippen molar-refractivity contribution in [2.24, 2.45) is 0 Å². The zero-order valence-corrected chi connectivity index (χ0v) is 18.2. The van der Waals surface area contributed by atoms with Crippen molar-refractivity contribution in [2.45, 2.75) is 18.9 Å². The quantitative estimate of drug-likeness (QED) is 0.347. The number of hydrogen-bond donors (Lipinski definition) is 3. The number of likely N-dealkylation sites (tertiary alicyclic amines) is 1. The maximum atomic E-state index is 12.6. The molecule has 1 aromatic heterocycles. The van der Waals surface area contributed by atoms with E-state index in [0.717, 1.165) is 12.8 Å². The lowest BCUT2D eigenvalue weighted by atomic mass is 10.0. The van der Waals surface area contributed by atoms with Crippen LogP contribution in [-0.4, -0.2) is 46.0 Å². The molecular formula is C20H21Cl3N4O3. The largest absolute Gasteiger partial charge is 0.366 e. The third-order valence-corrected chi connectivity index (χ3v) is 5.12. The first-order valence-corrected chi connectivity index (χ1v) is 9.81. The van der Waals surface area contributed by atoms with Crippen molar-refractivity contribution in [3.8, 4) is 0 Å². The van der Waals surface area contributed by atoms with Crippen molar-refractivity contribution < 1.29 is 14.8 Å². The number of pyridine rings is 1. The highest BCUT2D eigenvalue weighted by Crippen LogP contribution is 2.24. The predicted molar refractivity (Wildman–Crippen MR) is 119 cm³/mol. The molecule has 160 valence electrons. The van der Waals surface area contributed by atoms with Crippen molar-refractivity contribution in [2.75, 3.05) is 18.4 Å². The van der Waals surface area contributed by atoms with Gasteiger partial charge < -0.3 is 10.2 Å². The van der Waals surface area contributed by atoms with Gasteiger partial charge in [-0.3, -0.25) is 14.8 Å². The maximum absolute atomic E-state index is 12.6. The Labute approximate surface area is 190 Å². The lowest BCUT2D eigenvalue weighted by Crippen LogP contribution is -2.42. The highest BCUT2D eigenvalue weighted by molar-refractivity contribution is 6.33. The van der Waals surface area contributed by atoms with E-state index in [1.165, 1.54) is 17.6 Å². The lowest BCUT2D eigenvalue weighted by molar-refractivity contribution is -0.124. The minimum Gasteiger partial charge on any atom is -0.366 e. The number of carbonyl (C=O) groups excluding carboxylic acids is 2. The van der Waals surface area contributed by atoms with Crippen LogP contribution in [0.15, 0.2) is 42.6 Å². The number of aromatic nitrogens is 1. The maximum Gasteiger partial charge on any atom is 0.267 e. The summed E-state index contributed by atoms with van der Waals surface area (Å²) in [5.74, 6) is -0.109. The van der Waals surface area contributed by atoms with Gasteiger partial charge in [0.1, 0.15) is 5.82 Å². The van der Waals surface area contributed by atoms with Crippen LogP contribution in [-0.2, 0) is 4.79 Å². The van der Waals surface area contributed by atoms with Gasteiger partial charge in [0.15, 0.2) is 0 Å². The molecule has 10 heteroatoms. The number of hydrogen-bond acceptors (Lipinski definition) is 5. The minimum absolute atomic E-state index is 0. The second kappa shape index (κ2) is 11.2. The Morgan fingerprint density at radius 3 is 2.57 bits per heavy atom. The molecule has 1 aromatic carbocycles. The molecule has 1 saturated heterocycles. The number of amides is 2. The van der Waals surface area contributed by atoms with Gasteiger partial charge >= 0.3 is 0 Å². The Morgan fingerprint density at radius 1 is 1.20 bits per heavy atom. The van der Waals surface area contributed by atoms with Crippen molar-refractivity contribution in [3.63, 3.8) is 0 Å². The summed E-state index contributed by atoms with van der Waals surface area (Å²) in [5, 5.41) is 12.8. The standard InChI is InChI=1S/C20H20Cl2N4O3.ClH/c21-15-3-1-2-14(11-15)20(28)26-8-6-16(7-9-26)24-19-17(22)10-13(12-23-19)4-5-18(27)25-29;/h1-5,10-12,16,29H,6-9H2,(H,23,24)(H,25,27);1H. The third-order valence-electron chi connectivity index (χ3n) is 4.59. The molecule has 0 spiro atoms. The van der Waals surface area contributed by atoms with Crippen LogP contribution < -0.4 is 10.8 Å². The van der Waals surface area contributed by atoms with Gasteiger partial charge in [0, 0.05) is 42.0 Å². The van der Waals surface area contributed by atoms with E-state index in [-0.39, 0.29) is 24.4 Å². The molecule has 2 amide bonds. The highest BCUT2D eigenvalue weighted by atomic mass is 35.5. The van der Waals surface area contributed by atoms with E-state index >= 15 is 0 Å². The topological polar surface area (TPSA) is 94.6 Å². The van der Waals surface area contributed by atoms with Crippen molar-refractivity contribution >= 4 is 59.3 Å². The van der Waals surface area contributed by atoms with E-state index in [0.29, 0.717) is 40.1 Å². The van der Waals surface area contributed by atoms with E-state index in [1.807, 2.05) is 4.90 Å². The van der Waals surface area contributed by atoms with Crippen LogP contribution in [0.3, 0.4) is 0 Å². The summed E-state index contributed by atoms with van der Waals surface area (Å²) in [5.41, 5.74) is 2.73. The number of halogens is 3. The smallest absolute Gasteiger partial charge is 0.267 e. The molecule has 3 rings (SSSR count). The predicted octanol–water partition coefficient (Wildman–Crippen LogP) is 4.05. The molecule has 7 nitrogen and oxygen atoms in total. The first-order chi connectivity index (χ1) is 14.0. The zero-order valence-electron chi connectivity index (χ0n) is 15.8. The molecule has 2 heterocycles. The van der Waals surface area contributed by atoms with Crippen LogP contribution in [0.25, 0.3) is 6.08 Å². The van der Waals surface area contributed by atoms with Gasteiger partial charge in [-0.2, -0.15) is 0 Å². The zero-order chi connectivity index (χ0) is 20.8. The molecule has 0 bridgehead atoms. The number of carbonyl (C=O) groups is 2. The number of hydroxylamine groups is 1. The average molecular weight is 472 g/mol. The SMILES string of the molecule is Cl.O=C(C=Cc1cnc(NC2CCN(C(=O)c3cccc(Cl)c3)CC2)c(Cl)c1)NO. The van der Waals surface area contributed by atoms with Crippen LogP contribution in [0.2, 0.25) is 10.0 Å². The fraction of sp³-hybridized carbons (Fsp3) is 0.250. The van der Waals surface area contributed by atoms with E-state index in [9.17, 15) is 9.59 Å². The first-order valence-electron chi connectivity index (χ1n) is 9.05. The Kier molecular flexibility index (Phi) is 8.92. The van der Waals surface area contributed by atoms with Gasteiger partial charge in [-0.15, -0.1) is 12.4 Å². The molecule has 0 aliphatic carbocycles. The number of rotatable bonds is 5. The van der Waals surface area contributed by atoms with Crippen molar-refractivity contribution in [1.29, 1.82) is 0 Å². The molecule has 1 fully saturated rings. The third kappa shape index (κ3) is 6.34. The number of anilines is 1. The van der Waals surface area contributed by atoms with Crippen molar-refractivity contribution in [3.05, 3.63) is 63.8 Å².